The van der Waals surface area contributed by atoms with E-state index in [0.717, 1.165) is 18.4 Å². The zero-order valence-electron chi connectivity index (χ0n) is 26.9. The third-order valence-corrected chi connectivity index (χ3v) is 12.3. The second kappa shape index (κ2) is 12.6. The number of hydrogen-bond acceptors (Lipinski definition) is 10. The van der Waals surface area contributed by atoms with E-state index in [1.54, 1.807) is 36.4 Å². The molecule has 48 heavy (non-hydrogen) atoms. The minimum absolute atomic E-state index is 0.00808. The van der Waals surface area contributed by atoms with E-state index in [-0.39, 0.29) is 54.1 Å². The van der Waals surface area contributed by atoms with E-state index >= 15 is 0 Å². The molecule has 3 fully saturated rings. The first-order valence-electron chi connectivity index (χ1n) is 16.3. The van der Waals surface area contributed by atoms with Gasteiger partial charge in [-0.1, -0.05) is 43.7 Å². The van der Waals surface area contributed by atoms with Crippen LogP contribution in [0.25, 0.3) is 0 Å². The van der Waals surface area contributed by atoms with Gasteiger partial charge in [0.1, 0.15) is 5.60 Å². The highest BCUT2D eigenvalue weighted by molar-refractivity contribution is 7.85. The van der Waals surface area contributed by atoms with Gasteiger partial charge in [0.05, 0.1) is 22.4 Å². The molecular weight excluding hydrogens is 636 g/mol. The van der Waals surface area contributed by atoms with Crippen molar-refractivity contribution in [1.29, 1.82) is 0 Å². The largest absolute Gasteiger partial charge is 0.458 e. The molecule has 7 unspecified atom stereocenters. The number of benzene rings is 2. The smallest absolute Gasteiger partial charge is 0.306 e. The summed E-state index contributed by atoms with van der Waals surface area (Å²) >= 11 is 0. The fourth-order valence-electron chi connectivity index (χ4n) is 8.98. The normalized spacial score (nSPS) is 32.7. The number of rotatable bonds is 9. The highest BCUT2D eigenvalue weighted by Gasteiger charge is 2.68. The standard InChI is InChI=1S/C36H40N2O9S/c1-34-17-15-25(39)19-23(34)8-13-27-28-16-18-36(43,35(28,2)20-30(40)33(27)34)31(41)21-47-32(42)14-7-22-5-3-4-6-29(22)38-37-24-9-11-26(12-10-24)48(44,45)46/h3-6,9-12,15,17,19,27-28,30,33,40,43H,7-8,13-14,16,18,20-21H2,1-2H3,(H,44,45,46)/b38-37+. The molecular formula is C36H40N2O9S. The topological polar surface area (TPSA) is 180 Å². The van der Waals surface area contributed by atoms with Gasteiger partial charge in [-0.25, -0.2) is 0 Å². The lowest BCUT2D eigenvalue weighted by molar-refractivity contribution is -0.181. The fraction of sp³-hybridized carbons (Fsp3) is 0.472. The van der Waals surface area contributed by atoms with Crippen molar-refractivity contribution < 1.29 is 42.3 Å². The molecule has 12 heteroatoms. The summed E-state index contributed by atoms with van der Waals surface area (Å²) in [6, 6.07) is 12.3. The van der Waals surface area contributed by atoms with E-state index in [4.69, 9.17) is 9.29 Å². The van der Waals surface area contributed by atoms with Crippen LogP contribution < -0.4 is 0 Å². The number of fused-ring (bicyclic) bond motifs is 5. The van der Waals surface area contributed by atoms with Crippen molar-refractivity contribution in [1.82, 2.24) is 0 Å². The summed E-state index contributed by atoms with van der Waals surface area (Å²) in [5, 5.41) is 31.8. The molecule has 0 amide bonds. The first-order valence-corrected chi connectivity index (χ1v) is 17.7. The number of aliphatic hydroxyl groups excluding tert-OH is 1. The van der Waals surface area contributed by atoms with Crippen LogP contribution >= 0.6 is 0 Å². The van der Waals surface area contributed by atoms with Gasteiger partial charge in [0.25, 0.3) is 10.1 Å². The van der Waals surface area contributed by atoms with Gasteiger partial charge in [-0.2, -0.15) is 18.6 Å². The van der Waals surface area contributed by atoms with Crippen molar-refractivity contribution in [3.8, 4) is 0 Å². The number of ether oxygens (including phenoxy) is 1. The summed E-state index contributed by atoms with van der Waals surface area (Å²) in [5.74, 6) is -1.27. The van der Waals surface area contributed by atoms with E-state index in [0.29, 0.717) is 23.4 Å². The van der Waals surface area contributed by atoms with Crippen LogP contribution in [0.15, 0.2) is 87.5 Å². The molecule has 4 aliphatic rings. The summed E-state index contributed by atoms with van der Waals surface area (Å²) in [6.45, 7) is 3.38. The van der Waals surface area contributed by atoms with Crippen LogP contribution in [-0.4, -0.2) is 59.0 Å². The van der Waals surface area contributed by atoms with Crippen molar-refractivity contribution in [3.05, 3.63) is 77.9 Å². The maximum absolute atomic E-state index is 13.6. The minimum Gasteiger partial charge on any atom is -0.458 e. The Kier molecular flexibility index (Phi) is 8.91. The number of Topliss-reactive ketones (excluding diaryl/α,β-unsaturated/α-hetero) is 1. The first kappa shape index (κ1) is 34.0. The molecule has 3 saturated carbocycles. The predicted molar refractivity (Wildman–Crippen MR) is 174 cm³/mol. The lowest BCUT2D eigenvalue weighted by Crippen LogP contribution is -2.61. The first-order chi connectivity index (χ1) is 22.7. The number of aryl methyl sites for hydroxylation is 1. The quantitative estimate of drug-likeness (QED) is 0.178. The lowest BCUT2D eigenvalue weighted by atomic mass is 9.46. The summed E-state index contributed by atoms with van der Waals surface area (Å²) in [4.78, 5) is 38.2. The summed E-state index contributed by atoms with van der Waals surface area (Å²) < 4.78 is 37.0. The maximum Gasteiger partial charge on any atom is 0.306 e. The monoisotopic (exact) mass is 676 g/mol. The molecule has 2 aromatic carbocycles. The lowest BCUT2D eigenvalue weighted by Gasteiger charge is -2.59. The highest BCUT2D eigenvalue weighted by atomic mass is 32.2. The molecule has 0 aromatic heterocycles. The highest BCUT2D eigenvalue weighted by Crippen LogP contribution is 2.67. The number of nitrogens with zero attached hydrogens (tertiary/aromatic N) is 2. The number of hydrogen-bond donors (Lipinski definition) is 3. The zero-order valence-corrected chi connectivity index (χ0v) is 27.7. The molecule has 0 heterocycles. The van der Waals surface area contributed by atoms with Crippen LogP contribution in [0.1, 0.15) is 57.9 Å². The van der Waals surface area contributed by atoms with Crippen LogP contribution in [0.4, 0.5) is 11.4 Å². The molecule has 0 bridgehead atoms. The summed E-state index contributed by atoms with van der Waals surface area (Å²) in [5.41, 5.74) is -0.498. The number of allylic oxidation sites excluding steroid dienone is 4. The Morgan fingerprint density at radius 3 is 2.50 bits per heavy atom. The molecule has 11 nitrogen and oxygen atoms in total. The van der Waals surface area contributed by atoms with Crippen molar-refractivity contribution in [3.63, 3.8) is 0 Å². The number of carbonyl (C=O) groups is 3. The van der Waals surface area contributed by atoms with E-state index in [1.165, 1.54) is 24.3 Å². The third kappa shape index (κ3) is 5.99. The van der Waals surface area contributed by atoms with Gasteiger partial charge in [0, 0.05) is 23.2 Å². The SMILES string of the molecule is CC12C=CC(=O)C=C1CCC1C2C(O)CC2(C)C1CCC2(O)C(=O)COC(=O)CCc1ccccc1/N=N/c1ccc(S(=O)(=O)O)cc1. The average molecular weight is 677 g/mol. The Morgan fingerprint density at radius 1 is 1.04 bits per heavy atom. The Hall–Kier alpha value is -3.84. The number of esters is 1. The van der Waals surface area contributed by atoms with Crippen molar-refractivity contribution in [2.75, 3.05) is 6.61 Å². The van der Waals surface area contributed by atoms with E-state index in [9.17, 15) is 33.0 Å². The Morgan fingerprint density at radius 2 is 1.77 bits per heavy atom. The van der Waals surface area contributed by atoms with Gasteiger partial charge in [-0.15, -0.1) is 0 Å². The van der Waals surface area contributed by atoms with Gasteiger partial charge in [-0.05, 0) is 98.4 Å². The second-order valence-corrected chi connectivity index (χ2v) is 15.4. The van der Waals surface area contributed by atoms with Crippen LogP contribution in [0, 0.1) is 28.6 Å². The Labute approximate surface area is 279 Å². The predicted octanol–water partition coefficient (Wildman–Crippen LogP) is 5.40. The Balaban J connectivity index is 1.07. The minimum atomic E-state index is -4.32. The molecule has 0 saturated heterocycles. The molecule has 2 aromatic rings. The van der Waals surface area contributed by atoms with E-state index in [2.05, 4.69) is 17.2 Å². The molecule has 3 N–H and O–H groups in total. The number of aliphatic hydroxyl groups is 2. The van der Waals surface area contributed by atoms with E-state index < -0.39 is 51.0 Å². The summed E-state index contributed by atoms with van der Waals surface area (Å²) in [7, 11) is -4.32. The van der Waals surface area contributed by atoms with Gasteiger partial charge in [0.2, 0.25) is 5.78 Å². The molecule has 4 aliphatic carbocycles. The molecule has 0 spiro atoms. The molecule has 7 atom stereocenters. The molecule has 0 aliphatic heterocycles. The van der Waals surface area contributed by atoms with Crippen molar-refractivity contribution in [2.45, 2.75) is 75.4 Å². The number of ketones is 2. The fourth-order valence-corrected chi connectivity index (χ4v) is 9.46. The van der Waals surface area contributed by atoms with Gasteiger partial charge in [-0.3, -0.25) is 18.9 Å². The van der Waals surface area contributed by atoms with Crippen LogP contribution in [-0.2, 0) is 35.7 Å². The van der Waals surface area contributed by atoms with Gasteiger partial charge < -0.3 is 14.9 Å². The van der Waals surface area contributed by atoms with Gasteiger partial charge in [0.15, 0.2) is 12.4 Å². The molecule has 6 rings (SSSR count). The molecule has 254 valence electrons. The third-order valence-electron chi connectivity index (χ3n) is 11.5. The second-order valence-electron chi connectivity index (χ2n) is 14.0. The van der Waals surface area contributed by atoms with Crippen molar-refractivity contribution in [2.24, 2.45) is 38.8 Å². The van der Waals surface area contributed by atoms with Crippen LogP contribution in [0.2, 0.25) is 0 Å². The van der Waals surface area contributed by atoms with Crippen molar-refractivity contribution >= 4 is 39.0 Å². The van der Waals surface area contributed by atoms with Crippen LogP contribution in [0.3, 0.4) is 0 Å². The maximum atomic E-state index is 13.6. The summed E-state index contributed by atoms with van der Waals surface area (Å²) in [6.07, 6.45) is 7.19. The van der Waals surface area contributed by atoms with Crippen LogP contribution in [0.5, 0.6) is 0 Å². The number of carbonyl (C=O) groups excluding carboxylic acids is 3. The molecule has 0 radical (unpaired) electrons. The van der Waals surface area contributed by atoms with E-state index in [1.807, 2.05) is 13.0 Å². The Bertz CT molecular complexity index is 1840. The van der Waals surface area contributed by atoms with Gasteiger partial charge >= 0.3 is 5.97 Å². The average Bonchev–Trinajstić information content (AvgIpc) is 3.32. The zero-order chi connectivity index (χ0) is 34.5. The number of azo groups is 1.